The van der Waals surface area contributed by atoms with Crippen LogP contribution >= 0.6 is 22.6 Å². The van der Waals surface area contributed by atoms with Gasteiger partial charge in [-0.2, -0.15) is 0 Å². The van der Waals surface area contributed by atoms with E-state index in [4.69, 9.17) is 0 Å². The monoisotopic (exact) mass is 284 g/mol. The van der Waals surface area contributed by atoms with Gasteiger partial charge in [-0.05, 0) is 22.6 Å². The molecule has 0 spiro atoms. The van der Waals surface area contributed by atoms with Crippen LogP contribution in [0.2, 0.25) is 0 Å². The van der Waals surface area contributed by atoms with Crippen LogP contribution in [0.15, 0.2) is 36.5 Å². The van der Waals surface area contributed by atoms with Crippen LogP contribution in [0.4, 0.5) is 0 Å². The van der Waals surface area contributed by atoms with Crippen molar-refractivity contribution in [3.05, 3.63) is 40.2 Å². The van der Waals surface area contributed by atoms with E-state index in [1.165, 1.54) is 0 Å². The summed E-state index contributed by atoms with van der Waals surface area (Å²) < 4.78 is 3.07. The smallest absolute Gasteiger partial charge is 0.140 e. The molecule has 2 rings (SSSR count). The van der Waals surface area contributed by atoms with E-state index in [0.717, 1.165) is 15.1 Å². The second-order valence-electron chi connectivity index (χ2n) is 2.86. The van der Waals surface area contributed by atoms with E-state index in [0.29, 0.717) is 0 Å². The van der Waals surface area contributed by atoms with Crippen LogP contribution < -0.4 is 0 Å². The zero-order valence-corrected chi connectivity index (χ0v) is 9.39. The van der Waals surface area contributed by atoms with Gasteiger partial charge in [-0.25, -0.2) is 4.98 Å². The first-order chi connectivity index (χ1) is 6.27. The maximum atomic E-state index is 4.43. The van der Waals surface area contributed by atoms with Gasteiger partial charge >= 0.3 is 0 Å². The minimum absolute atomic E-state index is 1.02. The molecule has 0 aliphatic carbocycles. The molecule has 0 saturated carbocycles. The molecule has 0 aliphatic rings. The van der Waals surface area contributed by atoms with Gasteiger partial charge in [0.2, 0.25) is 0 Å². The SMILES string of the molecule is Cn1cc(I)nc1-c1ccccc1. The van der Waals surface area contributed by atoms with Gasteiger partial charge in [0.1, 0.15) is 9.53 Å². The molecule has 0 bridgehead atoms. The number of halogens is 1. The van der Waals surface area contributed by atoms with Crippen LogP contribution in [0.1, 0.15) is 0 Å². The molecule has 0 atom stereocenters. The topological polar surface area (TPSA) is 17.8 Å². The van der Waals surface area contributed by atoms with Gasteiger partial charge in [-0.15, -0.1) is 0 Å². The summed E-state index contributed by atoms with van der Waals surface area (Å²) in [4.78, 5) is 4.43. The number of rotatable bonds is 1. The molecular formula is C10H9IN2. The van der Waals surface area contributed by atoms with E-state index in [-0.39, 0.29) is 0 Å². The Morgan fingerprint density at radius 2 is 1.92 bits per heavy atom. The number of nitrogens with zero attached hydrogens (tertiary/aromatic N) is 2. The lowest BCUT2D eigenvalue weighted by molar-refractivity contribution is 0.924. The normalized spacial score (nSPS) is 10.3. The van der Waals surface area contributed by atoms with Crippen LogP contribution in [0.25, 0.3) is 11.4 Å². The summed E-state index contributed by atoms with van der Waals surface area (Å²) in [5.41, 5.74) is 1.16. The van der Waals surface area contributed by atoms with Crippen LogP contribution in [0.5, 0.6) is 0 Å². The Balaban J connectivity index is 2.53. The van der Waals surface area contributed by atoms with Gasteiger partial charge in [0.05, 0.1) is 0 Å². The summed E-state index contributed by atoms with van der Waals surface area (Å²) in [6, 6.07) is 10.2. The molecule has 2 aromatic rings. The molecule has 0 fully saturated rings. The summed E-state index contributed by atoms with van der Waals surface area (Å²) in [5, 5.41) is 0. The molecule has 66 valence electrons. The number of benzene rings is 1. The van der Waals surface area contributed by atoms with Gasteiger partial charge in [0.15, 0.2) is 0 Å². The Morgan fingerprint density at radius 1 is 1.23 bits per heavy atom. The maximum Gasteiger partial charge on any atom is 0.140 e. The highest BCUT2D eigenvalue weighted by Crippen LogP contribution is 2.17. The Labute approximate surface area is 90.8 Å². The number of imidazole rings is 1. The Bertz CT molecular complexity index is 406. The van der Waals surface area contributed by atoms with Crippen molar-refractivity contribution >= 4 is 22.6 Å². The molecule has 0 aliphatic heterocycles. The molecule has 2 nitrogen and oxygen atoms in total. The summed E-state index contributed by atoms with van der Waals surface area (Å²) in [6.07, 6.45) is 2.02. The van der Waals surface area contributed by atoms with E-state index in [2.05, 4.69) is 39.7 Å². The molecule has 0 N–H and O–H groups in total. The molecule has 0 saturated heterocycles. The first-order valence-electron chi connectivity index (χ1n) is 4.01. The molecule has 0 radical (unpaired) electrons. The van der Waals surface area contributed by atoms with Crippen LogP contribution in [-0.4, -0.2) is 9.55 Å². The van der Waals surface area contributed by atoms with Crippen molar-refractivity contribution in [2.45, 2.75) is 0 Å². The lowest BCUT2D eigenvalue weighted by atomic mass is 10.2. The maximum absolute atomic E-state index is 4.43. The van der Waals surface area contributed by atoms with Crippen LogP contribution in [0.3, 0.4) is 0 Å². The number of aromatic nitrogens is 2. The van der Waals surface area contributed by atoms with E-state index in [1.807, 2.05) is 36.0 Å². The quantitative estimate of drug-likeness (QED) is 0.736. The average molecular weight is 284 g/mol. The van der Waals surface area contributed by atoms with Gasteiger partial charge in [0.25, 0.3) is 0 Å². The van der Waals surface area contributed by atoms with Crippen LogP contribution in [0, 0.1) is 3.70 Å². The van der Waals surface area contributed by atoms with E-state index < -0.39 is 0 Å². The van der Waals surface area contributed by atoms with Gasteiger partial charge in [-0.3, -0.25) is 0 Å². The van der Waals surface area contributed by atoms with Gasteiger partial charge in [0, 0.05) is 18.8 Å². The first kappa shape index (κ1) is 8.74. The fourth-order valence-electron chi connectivity index (χ4n) is 1.29. The van der Waals surface area contributed by atoms with Gasteiger partial charge < -0.3 is 4.57 Å². The van der Waals surface area contributed by atoms with E-state index >= 15 is 0 Å². The molecule has 1 aromatic carbocycles. The highest BCUT2D eigenvalue weighted by atomic mass is 127. The fraction of sp³-hybridized carbons (Fsp3) is 0.100. The summed E-state index contributed by atoms with van der Waals surface area (Å²) in [7, 11) is 2.01. The summed E-state index contributed by atoms with van der Waals surface area (Å²) >= 11 is 2.22. The fourth-order valence-corrected chi connectivity index (χ4v) is 1.93. The van der Waals surface area contributed by atoms with Crippen molar-refractivity contribution in [2.24, 2.45) is 7.05 Å². The zero-order valence-electron chi connectivity index (χ0n) is 7.24. The lowest BCUT2D eigenvalue weighted by Gasteiger charge is -1.99. The van der Waals surface area contributed by atoms with E-state index in [1.54, 1.807) is 0 Å². The van der Waals surface area contributed by atoms with Crippen molar-refractivity contribution in [3.63, 3.8) is 0 Å². The third-order valence-corrected chi connectivity index (χ3v) is 2.40. The summed E-state index contributed by atoms with van der Waals surface area (Å²) in [6.45, 7) is 0. The second kappa shape index (κ2) is 3.49. The number of hydrogen-bond acceptors (Lipinski definition) is 1. The van der Waals surface area contributed by atoms with Crippen molar-refractivity contribution in [1.82, 2.24) is 9.55 Å². The van der Waals surface area contributed by atoms with Crippen LogP contribution in [-0.2, 0) is 7.05 Å². The minimum atomic E-state index is 1.02. The standard InChI is InChI=1S/C10H9IN2/c1-13-7-9(11)12-10(13)8-5-3-2-4-6-8/h2-7H,1H3. The van der Waals surface area contributed by atoms with E-state index in [9.17, 15) is 0 Å². The van der Waals surface area contributed by atoms with Gasteiger partial charge in [-0.1, -0.05) is 30.3 Å². The summed E-state index contributed by atoms with van der Waals surface area (Å²) in [5.74, 6) is 1.02. The third kappa shape index (κ3) is 1.75. The van der Waals surface area contributed by atoms with Crippen molar-refractivity contribution in [2.75, 3.05) is 0 Å². The lowest BCUT2D eigenvalue weighted by Crippen LogP contribution is -1.89. The second-order valence-corrected chi connectivity index (χ2v) is 3.97. The Kier molecular flexibility index (Phi) is 2.35. The predicted molar refractivity (Wildman–Crippen MR) is 61.4 cm³/mol. The predicted octanol–water partition coefficient (Wildman–Crippen LogP) is 2.69. The molecule has 0 unspecified atom stereocenters. The Morgan fingerprint density at radius 3 is 2.46 bits per heavy atom. The minimum Gasteiger partial charge on any atom is -0.333 e. The average Bonchev–Trinajstić information content (AvgIpc) is 2.47. The Hall–Kier alpha value is -0.840. The molecular weight excluding hydrogens is 275 g/mol. The zero-order chi connectivity index (χ0) is 9.26. The number of aryl methyl sites for hydroxylation is 1. The van der Waals surface area contributed by atoms with Crippen molar-refractivity contribution in [3.8, 4) is 11.4 Å². The molecule has 3 heteroatoms. The highest BCUT2D eigenvalue weighted by molar-refractivity contribution is 14.1. The largest absolute Gasteiger partial charge is 0.333 e. The molecule has 13 heavy (non-hydrogen) atoms. The van der Waals surface area contributed by atoms with Crippen molar-refractivity contribution in [1.29, 1.82) is 0 Å². The first-order valence-corrected chi connectivity index (χ1v) is 5.09. The number of hydrogen-bond donors (Lipinski definition) is 0. The van der Waals surface area contributed by atoms with Crippen molar-refractivity contribution < 1.29 is 0 Å². The molecule has 1 aromatic heterocycles. The third-order valence-electron chi connectivity index (χ3n) is 1.88. The molecule has 1 heterocycles. The molecule has 0 amide bonds. The highest BCUT2D eigenvalue weighted by Gasteiger charge is 2.04.